The Hall–Kier alpha value is -3.38. The molecule has 1 aromatic carbocycles. The number of rotatable bonds is 7. The normalized spacial score (nSPS) is 18.1. The molecule has 2 aromatic heterocycles. The van der Waals surface area contributed by atoms with Gasteiger partial charge in [-0.2, -0.15) is 13.1 Å². The van der Waals surface area contributed by atoms with Crippen molar-refractivity contribution in [1.82, 2.24) is 24.6 Å². The Balaban J connectivity index is 1.50. The molecule has 196 valence electrons. The van der Waals surface area contributed by atoms with Crippen LogP contribution in [-0.4, -0.2) is 45.2 Å². The van der Waals surface area contributed by atoms with Gasteiger partial charge in [-0.1, -0.05) is 0 Å². The summed E-state index contributed by atoms with van der Waals surface area (Å²) in [6.07, 6.45) is 3.34. The van der Waals surface area contributed by atoms with Crippen LogP contribution in [0, 0.1) is 5.82 Å². The van der Waals surface area contributed by atoms with E-state index in [4.69, 9.17) is 0 Å². The van der Waals surface area contributed by atoms with Crippen molar-refractivity contribution in [2.75, 3.05) is 0 Å². The van der Waals surface area contributed by atoms with Crippen LogP contribution in [0.2, 0.25) is 0 Å². The van der Waals surface area contributed by atoms with Gasteiger partial charge in [-0.15, -0.1) is 0 Å². The van der Waals surface area contributed by atoms with Crippen LogP contribution in [0.25, 0.3) is 11.3 Å². The van der Waals surface area contributed by atoms with Crippen molar-refractivity contribution >= 4 is 15.9 Å². The van der Waals surface area contributed by atoms with Gasteiger partial charge in [0.2, 0.25) is 15.9 Å². The molecule has 8 nitrogen and oxygen atoms in total. The first-order valence-electron chi connectivity index (χ1n) is 11.5. The summed E-state index contributed by atoms with van der Waals surface area (Å²) < 4.78 is 68.2. The lowest BCUT2D eigenvalue weighted by molar-refractivity contribution is -0.124. The largest absolute Gasteiger partial charge is 0.349 e. The lowest BCUT2D eigenvalue weighted by Crippen LogP contribution is -2.52. The third-order valence-corrected chi connectivity index (χ3v) is 8.39. The molecule has 3 heterocycles. The van der Waals surface area contributed by atoms with Gasteiger partial charge in [0, 0.05) is 24.2 Å². The number of nitrogens with zero attached hydrogens (tertiary/aromatic N) is 4. The van der Waals surface area contributed by atoms with Crippen molar-refractivity contribution in [3.8, 4) is 11.3 Å². The Kier molecular flexibility index (Phi) is 7.08. The smallest absolute Gasteiger partial charge is 0.286 e. The number of halogens is 3. The van der Waals surface area contributed by atoms with E-state index in [2.05, 4.69) is 20.3 Å². The lowest BCUT2D eigenvalue weighted by atomic mass is 10.0. The molecule has 37 heavy (non-hydrogen) atoms. The van der Waals surface area contributed by atoms with E-state index in [-0.39, 0.29) is 17.1 Å². The van der Waals surface area contributed by atoms with Crippen molar-refractivity contribution in [3.05, 3.63) is 72.2 Å². The van der Waals surface area contributed by atoms with Crippen LogP contribution in [0.5, 0.6) is 0 Å². The van der Waals surface area contributed by atoms with E-state index in [0.29, 0.717) is 29.8 Å². The predicted octanol–water partition coefficient (Wildman–Crippen LogP) is 4.04. The maximum atomic E-state index is 13.4. The van der Waals surface area contributed by atoms with Crippen molar-refractivity contribution in [1.29, 1.82) is 0 Å². The molecule has 1 fully saturated rings. The highest BCUT2D eigenvalue weighted by atomic mass is 32.2. The first-order valence-corrected chi connectivity index (χ1v) is 13.0. The minimum Gasteiger partial charge on any atom is -0.349 e. The fraction of sp³-hybridized carbons (Fsp3) is 0.360. The van der Waals surface area contributed by atoms with Crippen LogP contribution in [-0.2, 0) is 27.3 Å². The summed E-state index contributed by atoms with van der Waals surface area (Å²) >= 11 is 0. The van der Waals surface area contributed by atoms with E-state index in [9.17, 15) is 26.4 Å². The van der Waals surface area contributed by atoms with Gasteiger partial charge in [0.1, 0.15) is 23.9 Å². The summed E-state index contributed by atoms with van der Waals surface area (Å²) in [5.41, 5.74) is 0.175. The van der Waals surface area contributed by atoms with Crippen LogP contribution < -0.4 is 5.32 Å². The summed E-state index contributed by atoms with van der Waals surface area (Å²) in [5.74, 6) is -4.12. The standard InChI is InChI=1S/C25H26F3N5O3S/c1-24(2)11-10-21(33(24)37(35,36)19-7-5-17(26)6-8-19)23(34)30-14-18-12-20(32-15-31-18)16-4-9-22(29-13-16)25(3,27)28/h4-9,12-13,15,21H,10-11,14H2,1-3H3,(H,30,34)/t21-/m0/s1. The van der Waals surface area contributed by atoms with Crippen LogP contribution in [0.15, 0.2) is 59.9 Å². The number of alkyl halides is 2. The minimum absolute atomic E-state index is 0.00569. The molecular formula is C25H26F3N5O3S. The third-order valence-electron chi connectivity index (χ3n) is 6.26. The quantitative estimate of drug-likeness (QED) is 0.492. The zero-order chi connectivity index (χ0) is 27.0. The van der Waals surface area contributed by atoms with Crippen LogP contribution >= 0.6 is 0 Å². The molecule has 0 unspecified atom stereocenters. The number of hydrogen-bond acceptors (Lipinski definition) is 6. The molecule has 0 spiro atoms. The summed E-state index contributed by atoms with van der Waals surface area (Å²) in [7, 11) is -4.08. The number of sulfonamides is 1. The second-order valence-corrected chi connectivity index (χ2v) is 11.4. The van der Waals surface area contributed by atoms with E-state index in [1.807, 2.05) is 0 Å². The number of carbonyl (C=O) groups excluding carboxylic acids is 1. The van der Waals surface area contributed by atoms with Crippen molar-refractivity contribution in [3.63, 3.8) is 0 Å². The van der Waals surface area contributed by atoms with Gasteiger partial charge >= 0.3 is 0 Å². The fourth-order valence-electron chi connectivity index (χ4n) is 4.34. The van der Waals surface area contributed by atoms with Gasteiger partial charge in [-0.3, -0.25) is 9.78 Å². The van der Waals surface area contributed by atoms with Gasteiger partial charge in [0.25, 0.3) is 5.92 Å². The summed E-state index contributed by atoms with van der Waals surface area (Å²) in [6.45, 7) is 4.24. The zero-order valence-electron chi connectivity index (χ0n) is 20.5. The first-order chi connectivity index (χ1) is 17.3. The highest BCUT2D eigenvalue weighted by Crippen LogP contribution is 2.38. The number of hydrogen-bond donors (Lipinski definition) is 1. The average Bonchev–Trinajstić information content (AvgIpc) is 3.18. The molecule has 0 radical (unpaired) electrons. The minimum atomic E-state index is -4.08. The van der Waals surface area contributed by atoms with Crippen molar-refractivity contribution in [2.24, 2.45) is 0 Å². The van der Waals surface area contributed by atoms with E-state index in [1.54, 1.807) is 19.9 Å². The molecule has 12 heteroatoms. The van der Waals surface area contributed by atoms with Gasteiger partial charge in [-0.05, 0) is 69.2 Å². The van der Waals surface area contributed by atoms with E-state index in [0.717, 1.165) is 19.1 Å². The van der Waals surface area contributed by atoms with E-state index in [1.165, 1.54) is 41.1 Å². The second-order valence-electron chi connectivity index (χ2n) is 9.55. The summed E-state index contributed by atoms with van der Waals surface area (Å²) in [5, 5.41) is 2.74. The predicted molar refractivity (Wildman–Crippen MR) is 129 cm³/mol. The Morgan fingerprint density at radius 3 is 2.46 bits per heavy atom. The van der Waals surface area contributed by atoms with Crippen LogP contribution in [0.4, 0.5) is 13.2 Å². The number of pyridine rings is 1. The topological polar surface area (TPSA) is 105 Å². The van der Waals surface area contributed by atoms with Gasteiger partial charge < -0.3 is 5.32 Å². The molecule has 0 bridgehead atoms. The van der Waals surface area contributed by atoms with Gasteiger partial charge in [-0.25, -0.2) is 22.8 Å². The molecule has 1 N–H and O–H groups in total. The van der Waals surface area contributed by atoms with Gasteiger partial charge in [0.05, 0.1) is 22.8 Å². The molecule has 1 aliphatic heterocycles. The molecule has 3 aromatic rings. The zero-order valence-corrected chi connectivity index (χ0v) is 21.3. The SMILES string of the molecule is CC(F)(F)c1ccc(-c2cc(CNC(=O)[C@@H]3CCC(C)(C)N3S(=O)(=O)c3ccc(F)cc3)ncn2)cn1. The van der Waals surface area contributed by atoms with E-state index >= 15 is 0 Å². The van der Waals surface area contributed by atoms with Gasteiger partial charge in [0.15, 0.2) is 0 Å². The number of amides is 1. The Labute approximate surface area is 213 Å². The highest BCUT2D eigenvalue weighted by molar-refractivity contribution is 7.89. The lowest BCUT2D eigenvalue weighted by Gasteiger charge is -2.34. The molecule has 1 aliphatic rings. The average molecular weight is 534 g/mol. The first kappa shape index (κ1) is 26.7. The van der Waals surface area contributed by atoms with E-state index < -0.39 is 39.3 Å². The molecule has 0 aliphatic carbocycles. The van der Waals surface area contributed by atoms with Crippen molar-refractivity contribution in [2.45, 2.75) is 62.6 Å². The maximum Gasteiger partial charge on any atom is 0.286 e. The number of aromatic nitrogens is 3. The Bertz CT molecular complexity index is 1390. The third kappa shape index (κ3) is 5.64. The highest BCUT2D eigenvalue weighted by Gasteiger charge is 2.50. The molecular weight excluding hydrogens is 507 g/mol. The van der Waals surface area contributed by atoms with Crippen LogP contribution in [0.1, 0.15) is 45.0 Å². The monoisotopic (exact) mass is 533 g/mol. The van der Waals surface area contributed by atoms with Crippen LogP contribution in [0.3, 0.4) is 0 Å². The number of carbonyl (C=O) groups is 1. The molecule has 1 saturated heterocycles. The fourth-order valence-corrected chi connectivity index (χ4v) is 6.33. The number of benzene rings is 1. The molecule has 0 saturated carbocycles. The molecule has 1 atom stereocenters. The maximum absolute atomic E-state index is 13.4. The summed E-state index contributed by atoms with van der Waals surface area (Å²) in [4.78, 5) is 25.1. The Morgan fingerprint density at radius 2 is 1.84 bits per heavy atom. The molecule has 1 amide bonds. The number of nitrogens with one attached hydrogen (secondary N) is 1. The molecule has 4 rings (SSSR count). The summed E-state index contributed by atoms with van der Waals surface area (Å²) in [6, 6.07) is 7.81. The van der Waals surface area contributed by atoms with Crippen molar-refractivity contribution < 1.29 is 26.4 Å². The second kappa shape index (κ2) is 9.82. The Morgan fingerprint density at radius 1 is 1.14 bits per heavy atom.